The molecule has 0 spiro atoms. The third-order valence-corrected chi connectivity index (χ3v) is 5.98. The highest BCUT2D eigenvalue weighted by Gasteiger charge is 2.16. The number of hydrogen-bond acceptors (Lipinski definition) is 7. The second-order valence-electron chi connectivity index (χ2n) is 5.25. The minimum Gasteiger partial charge on any atom is -0.422 e. The molecule has 130 valence electrons. The summed E-state index contributed by atoms with van der Waals surface area (Å²) in [6.07, 6.45) is 2.95. The lowest BCUT2D eigenvalue weighted by Gasteiger charge is -2.07. The van der Waals surface area contributed by atoms with E-state index in [0.717, 1.165) is 10.4 Å². The molecule has 4 rings (SSSR count). The lowest BCUT2D eigenvalue weighted by atomic mass is 10.2. The Morgan fingerprint density at radius 2 is 2.12 bits per heavy atom. The van der Waals surface area contributed by atoms with Crippen LogP contribution in [-0.4, -0.2) is 20.5 Å². The molecule has 0 aliphatic carbocycles. The SMILES string of the molecule is O=C(Cn1cnc2scc(-c3cccs3)c2c1=O)Oc1cccnc1Br. The summed E-state index contributed by atoms with van der Waals surface area (Å²) >= 11 is 6.18. The third kappa shape index (κ3) is 3.20. The van der Waals surface area contributed by atoms with E-state index >= 15 is 0 Å². The van der Waals surface area contributed by atoms with E-state index < -0.39 is 5.97 Å². The number of hydrogen-bond donors (Lipinski definition) is 0. The zero-order valence-corrected chi connectivity index (χ0v) is 16.3. The second-order valence-corrected chi connectivity index (χ2v) is 7.81. The molecule has 9 heteroatoms. The molecule has 0 amide bonds. The van der Waals surface area contributed by atoms with Crippen molar-refractivity contribution in [2.75, 3.05) is 0 Å². The number of aromatic nitrogens is 3. The quantitative estimate of drug-likeness (QED) is 0.349. The number of esters is 1. The van der Waals surface area contributed by atoms with Crippen LogP contribution in [0.1, 0.15) is 0 Å². The summed E-state index contributed by atoms with van der Waals surface area (Å²) in [6, 6.07) is 7.16. The Bertz CT molecular complexity index is 1150. The number of carbonyl (C=O) groups excluding carboxylic acids is 1. The summed E-state index contributed by atoms with van der Waals surface area (Å²) < 4.78 is 6.95. The lowest BCUT2D eigenvalue weighted by Crippen LogP contribution is -2.26. The number of thiophene rings is 2. The maximum absolute atomic E-state index is 12.9. The maximum atomic E-state index is 12.9. The van der Waals surface area contributed by atoms with Gasteiger partial charge in [-0.2, -0.15) is 0 Å². The highest BCUT2D eigenvalue weighted by atomic mass is 79.9. The highest BCUT2D eigenvalue weighted by Crippen LogP contribution is 2.33. The number of nitrogens with zero attached hydrogens (tertiary/aromatic N) is 3. The molecule has 4 aromatic rings. The monoisotopic (exact) mass is 447 g/mol. The predicted molar refractivity (Wildman–Crippen MR) is 105 cm³/mol. The van der Waals surface area contributed by atoms with Crippen LogP contribution >= 0.6 is 38.6 Å². The van der Waals surface area contributed by atoms with E-state index in [-0.39, 0.29) is 12.1 Å². The Labute approximate surface area is 163 Å². The molecule has 26 heavy (non-hydrogen) atoms. The van der Waals surface area contributed by atoms with Crippen LogP contribution in [0.15, 0.2) is 56.9 Å². The average molecular weight is 448 g/mol. The fraction of sp³-hybridized carbons (Fsp3) is 0.0588. The zero-order valence-electron chi connectivity index (χ0n) is 13.1. The van der Waals surface area contributed by atoms with Crippen LogP contribution in [0.3, 0.4) is 0 Å². The van der Waals surface area contributed by atoms with Crippen LogP contribution < -0.4 is 10.3 Å². The number of pyridine rings is 1. The first kappa shape index (κ1) is 17.1. The molecule has 0 saturated heterocycles. The van der Waals surface area contributed by atoms with E-state index in [0.29, 0.717) is 20.6 Å². The molecule has 0 N–H and O–H groups in total. The Morgan fingerprint density at radius 3 is 2.88 bits per heavy atom. The first-order valence-electron chi connectivity index (χ1n) is 7.45. The summed E-state index contributed by atoms with van der Waals surface area (Å²) in [7, 11) is 0. The van der Waals surface area contributed by atoms with Crippen LogP contribution in [0.25, 0.3) is 20.7 Å². The summed E-state index contributed by atoms with van der Waals surface area (Å²) in [5.41, 5.74) is 0.581. The van der Waals surface area contributed by atoms with Crippen LogP contribution in [0, 0.1) is 0 Å². The van der Waals surface area contributed by atoms with Gasteiger partial charge in [0.15, 0.2) is 5.75 Å². The van der Waals surface area contributed by atoms with Gasteiger partial charge in [-0.3, -0.25) is 9.36 Å². The zero-order chi connectivity index (χ0) is 18.1. The van der Waals surface area contributed by atoms with E-state index in [1.165, 1.54) is 22.2 Å². The molecule has 0 atom stereocenters. The fourth-order valence-corrected chi connectivity index (χ4v) is 4.49. The van der Waals surface area contributed by atoms with Crippen molar-refractivity contribution < 1.29 is 9.53 Å². The van der Waals surface area contributed by atoms with Crippen LogP contribution in [0.5, 0.6) is 5.75 Å². The predicted octanol–water partition coefficient (Wildman–Crippen LogP) is 3.95. The van der Waals surface area contributed by atoms with Gasteiger partial charge in [0.2, 0.25) is 0 Å². The molecule has 0 saturated carbocycles. The topological polar surface area (TPSA) is 74.1 Å². The number of carbonyl (C=O) groups is 1. The van der Waals surface area contributed by atoms with Crippen molar-refractivity contribution in [3.8, 4) is 16.2 Å². The molecule has 4 heterocycles. The highest BCUT2D eigenvalue weighted by molar-refractivity contribution is 9.10. The van der Waals surface area contributed by atoms with E-state index in [1.54, 1.807) is 29.7 Å². The molecule has 0 unspecified atom stereocenters. The molecular weight excluding hydrogens is 438 g/mol. The van der Waals surface area contributed by atoms with E-state index in [4.69, 9.17) is 4.74 Å². The molecule has 0 bridgehead atoms. The lowest BCUT2D eigenvalue weighted by molar-refractivity contribution is -0.135. The minimum atomic E-state index is -0.574. The molecular formula is C17H10BrN3O3S2. The Morgan fingerprint density at radius 1 is 1.23 bits per heavy atom. The van der Waals surface area contributed by atoms with Crippen LogP contribution in [-0.2, 0) is 11.3 Å². The summed E-state index contributed by atoms with van der Waals surface area (Å²) in [5.74, 6) is -0.274. The van der Waals surface area contributed by atoms with Crippen molar-refractivity contribution in [2.45, 2.75) is 6.54 Å². The van der Waals surface area contributed by atoms with E-state index in [2.05, 4.69) is 25.9 Å². The maximum Gasteiger partial charge on any atom is 0.331 e. The number of fused-ring (bicyclic) bond motifs is 1. The summed E-state index contributed by atoms with van der Waals surface area (Å²) in [4.78, 5) is 35.0. The summed E-state index contributed by atoms with van der Waals surface area (Å²) in [6.45, 7) is -0.233. The molecule has 4 aromatic heterocycles. The van der Waals surface area contributed by atoms with Gasteiger partial charge in [-0.1, -0.05) is 6.07 Å². The molecule has 0 radical (unpaired) electrons. The van der Waals surface area contributed by atoms with Gasteiger partial charge >= 0.3 is 5.97 Å². The van der Waals surface area contributed by atoms with Gasteiger partial charge in [-0.15, -0.1) is 22.7 Å². The molecule has 0 aliphatic heterocycles. The smallest absolute Gasteiger partial charge is 0.331 e. The van der Waals surface area contributed by atoms with E-state index in [1.807, 2.05) is 22.9 Å². The van der Waals surface area contributed by atoms with Crippen LogP contribution in [0.4, 0.5) is 0 Å². The minimum absolute atomic E-state index is 0.233. The van der Waals surface area contributed by atoms with E-state index in [9.17, 15) is 9.59 Å². The largest absolute Gasteiger partial charge is 0.422 e. The standard InChI is InChI=1S/C17H10BrN3O3S2/c18-15-11(3-1-5-19-15)24-13(22)7-21-9-20-16-14(17(21)23)10(8-26-16)12-4-2-6-25-12/h1-6,8-9H,7H2. The van der Waals surface area contributed by atoms with Gasteiger partial charge in [0.1, 0.15) is 16.0 Å². The Balaban J connectivity index is 1.66. The average Bonchev–Trinajstić information content (AvgIpc) is 3.29. The Kier molecular flexibility index (Phi) is 4.66. The van der Waals surface area contributed by atoms with Crippen molar-refractivity contribution in [1.82, 2.24) is 14.5 Å². The van der Waals surface area contributed by atoms with Crippen molar-refractivity contribution in [3.63, 3.8) is 0 Å². The van der Waals surface area contributed by atoms with Gasteiger partial charge in [-0.05, 0) is 39.5 Å². The fourth-order valence-electron chi connectivity index (χ4n) is 2.43. The number of halogens is 1. The number of ether oxygens (including phenoxy) is 1. The third-order valence-electron chi connectivity index (χ3n) is 3.60. The molecule has 0 fully saturated rings. The van der Waals surface area contributed by atoms with Crippen molar-refractivity contribution >= 4 is 54.8 Å². The first-order valence-corrected chi connectivity index (χ1v) is 10.0. The van der Waals surface area contributed by atoms with Gasteiger partial charge in [0.25, 0.3) is 5.56 Å². The van der Waals surface area contributed by atoms with Gasteiger partial charge < -0.3 is 4.74 Å². The first-order chi connectivity index (χ1) is 12.6. The van der Waals surface area contributed by atoms with Crippen molar-refractivity contribution in [3.05, 3.63) is 62.5 Å². The Hall–Kier alpha value is -2.36. The van der Waals surface area contributed by atoms with Crippen molar-refractivity contribution in [1.29, 1.82) is 0 Å². The van der Waals surface area contributed by atoms with Crippen molar-refractivity contribution in [2.24, 2.45) is 0 Å². The second kappa shape index (κ2) is 7.10. The van der Waals surface area contributed by atoms with Gasteiger partial charge in [0, 0.05) is 22.0 Å². The van der Waals surface area contributed by atoms with Gasteiger partial charge in [-0.25, -0.2) is 14.8 Å². The molecule has 6 nitrogen and oxygen atoms in total. The van der Waals surface area contributed by atoms with Gasteiger partial charge in [0.05, 0.1) is 11.7 Å². The molecule has 0 aliphatic rings. The molecule has 0 aromatic carbocycles. The normalized spacial score (nSPS) is 11.0. The number of rotatable bonds is 4. The summed E-state index contributed by atoms with van der Waals surface area (Å²) in [5, 5.41) is 4.40. The van der Waals surface area contributed by atoms with Crippen LogP contribution in [0.2, 0.25) is 0 Å².